The van der Waals surface area contributed by atoms with Gasteiger partial charge in [-0.15, -0.1) is 11.8 Å². The van der Waals surface area contributed by atoms with Crippen LogP contribution in [0.1, 0.15) is 0 Å². The zero-order chi connectivity index (χ0) is 11.3. The number of thioether (sulfide) groups is 1. The number of hydrogen-bond acceptors (Lipinski definition) is 3. The van der Waals surface area contributed by atoms with E-state index < -0.39 is 0 Å². The lowest BCUT2D eigenvalue weighted by Gasteiger charge is -2.10. The number of rotatable bonds is 5. The monoisotopic (exact) mass is 265 g/mol. The molecule has 5 heteroatoms. The number of halogens is 2. The molecule has 0 radical (unpaired) electrons. The Labute approximate surface area is 104 Å². The van der Waals surface area contributed by atoms with Crippen molar-refractivity contribution >= 4 is 35.0 Å². The minimum atomic E-state index is -0.380. The van der Waals surface area contributed by atoms with Crippen molar-refractivity contribution in [2.24, 2.45) is 0 Å². The van der Waals surface area contributed by atoms with Crippen LogP contribution in [0, 0.1) is 0 Å². The molecule has 0 aliphatic heterocycles. The Morgan fingerprint density at radius 2 is 2.20 bits per heavy atom. The topological polar surface area (TPSA) is 32.3 Å². The Balaban J connectivity index is 2.53. The highest BCUT2D eigenvalue weighted by Gasteiger charge is 2.06. The molecule has 1 aromatic carbocycles. The van der Waals surface area contributed by atoms with Gasteiger partial charge in [-0.3, -0.25) is 0 Å². The van der Waals surface area contributed by atoms with Crippen molar-refractivity contribution < 1.29 is 5.11 Å². The molecule has 2 nitrogen and oxygen atoms in total. The molecule has 0 bridgehead atoms. The van der Waals surface area contributed by atoms with Crippen LogP contribution in [0.25, 0.3) is 0 Å². The Hall–Kier alpha value is 0.0700. The Morgan fingerprint density at radius 1 is 1.47 bits per heavy atom. The molecule has 15 heavy (non-hydrogen) atoms. The zero-order valence-electron chi connectivity index (χ0n) is 8.34. The van der Waals surface area contributed by atoms with Crippen molar-refractivity contribution in [3.05, 3.63) is 28.2 Å². The first-order chi connectivity index (χ1) is 7.13. The fourth-order valence-corrected chi connectivity index (χ4v) is 2.49. The van der Waals surface area contributed by atoms with Crippen molar-refractivity contribution in [2.45, 2.75) is 11.0 Å². The van der Waals surface area contributed by atoms with Crippen LogP contribution in [0.15, 0.2) is 23.1 Å². The van der Waals surface area contributed by atoms with E-state index >= 15 is 0 Å². The second-order valence-electron chi connectivity index (χ2n) is 3.10. The third kappa shape index (κ3) is 4.62. The normalized spacial score (nSPS) is 12.8. The predicted molar refractivity (Wildman–Crippen MR) is 67.1 cm³/mol. The summed E-state index contributed by atoms with van der Waals surface area (Å²) in [6.45, 7) is 0.575. The molecule has 1 unspecified atom stereocenters. The zero-order valence-corrected chi connectivity index (χ0v) is 10.7. The first-order valence-corrected chi connectivity index (χ1v) is 6.28. The summed E-state index contributed by atoms with van der Waals surface area (Å²) in [7, 11) is 1.81. The van der Waals surface area contributed by atoms with E-state index in [2.05, 4.69) is 5.32 Å². The SMILES string of the molecule is CNCC(O)CSc1cc(Cl)ccc1Cl. The average Bonchev–Trinajstić information content (AvgIpc) is 2.20. The van der Waals surface area contributed by atoms with Crippen molar-refractivity contribution in [3.63, 3.8) is 0 Å². The smallest absolute Gasteiger partial charge is 0.0758 e. The van der Waals surface area contributed by atoms with E-state index in [1.54, 1.807) is 25.2 Å². The lowest BCUT2D eigenvalue weighted by atomic mass is 10.4. The van der Waals surface area contributed by atoms with E-state index in [1.165, 1.54) is 11.8 Å². The molecular formula is C10H13Cl2NOS. The number of nitrogens with one attached hydrogen (secondary N) is 1. The maximum absolute atomic E-state index is 9.51. The van der Waals surface area contributed by atoms with Gasteiger partial charge >= 0.3 is 0 Å². The van der Waals surface area contributed by atoms with Gasteiger partial charge in [0.05, 0.1) is 11.1 Å². The van der Waals surface area contributed by atoms with E-state index in [-0.39, 0.29) is 6.10 Å². The van der Waals surface area contributed by atoms with Crippen LogP contribution in [-0.4, -0.2) is 30.6 Å². The summed E-state index contributed by atoms with van der Waals surface area (Å²) >= 11 is 13.3. The molecule has 0 amide bonds. The summed E-state index contributed by atoms with van der Waals surface area (Å²) in [5.41, 5.74) is 0. The summed E-state index contributed by atoms with van der Waals surface area (Å²) in [5.74, 6) is 0.598. The molecule has 2 N–H and O–H groups in total. The van der Waals surface area contributed by atoms with Gasteiger partial charge in [-0.1, -0.05) is 23.2 Å². The van der Waals surface area contributed by atoms with E-state index in [1.807, 2.05) is 0 Å². The average molecular weight is 266 g/mol. The molecule has 1 atom stereocenters. The summed E-state index contributed by atoms with van der Waals surface area (Å²) in [6, 6.07) is 5.31. The lowest BCUT2D eigenvalue weighted by Crippen LogP contribution is -2.25. The van der Waals surface area contributed by atoms with Crippen LogP contribution in [0.4, 0.5) is 0 Å². The van der Waals surface area contributed by atoms with Crippen LogP contribution in [0.3, 0.4) is 0 Å². The van der Waals surface area contributed by atoms with Gasteiger partial charge < -0.3 is 10.4 Å². The van der Waals surface area contributed by atoms with E-state index in [0.29, 0.717) is 22.3 Å². The van der Waals surface area contributed by atoms with Crippen LogP contribution in [0.5, 0.6) is 0 Å². The van der Waals surface area contributed by atoms with Gasteiger partial charge in [0.1, 0.15) is 0 Å². The number of hydrogen-bond donors (Lipinski definition) is 2. The number of likely N-dealkylation sites (N-methyl/N-ethyl adjacent to an activating group) is 1. The fourth-order valence-electron chi connectivity index (χ4n) is 1.07. The molecule has 0 fully saturated rings. The number of benzene rings is 1. The van der Waals surface area contributed by atoms with E-state index in [0.717, 1.165) is 4.90 Å². The maximum atomic E-state index is 9.51. The molecule has 84 valence electrons. The van der Waals surface area contributed by atoms with Crippen molar-refractivity contribution in [1.82, 2.24) is 5.32 Å². The third-order valence-corrected chi connectivity index (χ3v) is 3.64. The van der Waals surface area contributed by atoms with Gasteiger partial charge in [-0.05, 0) is 25.2 Å². The van der Waals surface area contributed by atoms with E-state index in [4.69, 9.17) is 23.2 Å². The molecule has 0 aliphatic rings. The van der Waals surface area contributed by atoms with Crippen molar-refractivity contribution in [3.8, 4) is 0 Å². The maximum Gasteiger partial charge on any atom is 0.0758 e. The van der Waals surface area contributed by atoms with Gasteiger partial charge in [0, 0.05) is 22.2 Å². The predicted octanol–water partition coefficient (Wildman–Crippen LogP) is 2.67. The highest BCUT2D eigenvalue weighted by molar-refractivity contribution is 7.99. The number of aliphatic hydroxyl groups is 1. The second kappa shape index (κ2) is 6.61. The van der Waals surface area contributed by atoms with Crippen LogP contribution < -0.4 is 5.32 Å². The highest BCUT2D eigenvalue weighted by Crippen LogP contribution is 2.30. The van der Waals surface area contributed by atoms with Gasteiger partial charge in [-0.2, -0.15) is 0 Å². The highest BCUT2D eigenvalue weighted by atomic mass is 35.5. The Bertz CT molecular complexity index is 322. The van der Waals surface area contributed by atoms with Gasteiger partial charge in [-0.25, -0.2) is 0 Å². The van der Waals surface area contributed by atoms with Crippen molar-refractivity contribution in [2.75, 3.05) is 19.3 Å². The summed E-state index contributed by atoms with van der Waals surface area (Å²) in [4.78, 5) is 0.902. The summed E-state index contributed by atoms with van der Waals surface area (Å²) < 4.78 is 0. The Kier molecular flexibility index (Phi) is 5.79. The molecular weight excluding hydrogens is 253 g/mol. The third-order valence-electron chi connectivity index (χ3n) is 1.76. The largest absolute Gasteiger partial charge is 0.391 e. The van der Waals surface area contributed by atoms with Gasteiger partial charge in [0.15, 0.2) is 0 Å². The molecule has 0 spiro atoms. The minimum absolute atomic E-state index is 0.380. The quantitative estimate of drug-likeness (QED) is 0.804. The summed E-state index contributed by atoms with van der Waals surface area (Å²) in [5, 5.41) is 13.7. The molecule has 1 rings (SSSR count). The molecule has 1 aromatic rings. The van der Waals surface area contributed by atoms with Crippen LogP contribution in [-0.2, 0) is 0 Å². The fraction of sp³-hybridized carbons (Fsp3) is 0.400. The first kappa shape index (κ1) is 13.1. The minimum Gasteiger partial charge on any atom is -0.391 e. The second-order valence-corrected chi connectivity index (χ2v) is 5.00. The summed E-state index contributed by atoms with van der Waals surface area (Å²) in [6.07, 6.45) is -0.380. The number of aliphatic hydroxyl groups excluding tert-OH is 1. The van der Waals surface area contributed by atoms with Gasteiger partial charge in [0.2, 0.25) is 0 Å². The van der Waals surface area contributed by atoms with E-state index in [9.17, 15) is 5.11 Å². The molecule has 0 saturated carbocycles. The van der Waals surface area contributed by atoms with Crippen LogP contribution >= 0.6 is 35.0 Å². The van der Waals surface area contributed by atoms with Crippen LogP contribution in [0.2, 0.25) is 10.0 Å². The molecule has 0 aliphatic carbocycles. The molecule has 0 aromatic heterocycles. The molecule has 0 saturated heterocycles. The standard InChI is InChI=1S/C10H13Cl2NOS/c1-13-5-8(14)6-15-10-4-7(11)2-3-9(10)12/h2-4,8,13-14H,5-6H2,1H3. The van der Waals surface area contributed by atoms with Gasteiger partial charge in [0.25, 0.3) is 0 Å². The molecule has 0 heterocycles. The first-order valence-electron chi connectivity index (χ1n) is 4.54. The van der Waals surface area contributed by atoms with Crippen molar-refractivity contribution in [1.29, 1.82) is 0 Å². The Morgan fingerprint density at radius 3 is 2.87 bits per heavy atom. The lowest BCUT2D eigenvalue weighted by molar-refractivity contribution is 0.199.